The molecule has 1 N–H and O–H groups in total. The predicted molar refractivity (Wildman–Crippen MR) is 41.8 cm³/mol. The Bertz CT molecular complexity index is 222. The lowest BCUT2D eigenvalue weighted by Gasteiger charge is -1.97. The first kappa shape index (κ1) is 7.75. The quantitative estimate of drug-likeness (QED) is 0.725. The molecule has 0 aliphatic rings. The highest BCUT2D eigenvalue weighted by Gasteiger charge is 2.03. The van der Waals surface area contributed by atoms with Crippen molar-refractivity contribution in [1.29, 1.82) is 0 Å². The zero-order chi connectivity index (χ0) is 7.56. The Morgan fingerprint density at radius 1 is 1.80 bits per heavy atom. The summed E-state index contributed by atoms with van der Waals surface area (Å²) in [7, 11) is 1.82. The first-order valence-electron chi connectivity index (χ1n) is 2.96. The van der Waals surface area contributed by atoms with Gasteiger partial charge in [0.05, 0.1) is 18.5 Å². The van der Waals surface area contributed by atoms with Gasteiger partial charge in [0.25, 0.3) is 0 Å². The van der Waals surface area contributed by atoms with Crippen LogP contribution in [0.1, 0.15) is 11.3 Å². The number of aliphatic hydroxyl groups is 1. The largest absolute Gasteiger partial charge is 0.390 e. The van der Waals surface area contributed by atoms with E-state index in [-0.39, 0.29) is 6.61 Å². The molecule has 0 aromatic carbocycles. The molecule has 0 radical (unpaired) electrons. The second kappa shape index (κ2) is 3.16. The number of aryl methyl sites for hydroxylation is 1. The molecule has 0 amide bonds. The second-order valence-electron chi connectivity index (χ2n) is 2.03. The molecule has 0 spiro atoms. The Kier molecular flexibility index (Phi) is 2.45. The summed E-state index contributed by atoms with van der Waals surface area (Å²) in [5, 5.41) is 13.6. The lowest BCUT2D eigenvalue weighted by molar-refractivity contribution is 0.269. The van der Waals surface area contributed by atoms with Gasteiger partial charge in [-0.1, -0.05) is 15.9 Å². The summed E-state index contributed by atoms with van der Waals surface area (Å²) in [4.78, 5) is 0. The topological polar surface area (TPSA) is 38.0 Å². The fourth-order valence-electron chi connectivity index (χ4n) is 0.824. The van der Waals surface area contributed by atoms with Crippen molar-refractivity contribution < 1.29 is 5.11 Å². The number of alkyl halides is 1. The highest BCUT2D eigenvalue weighted by Crippen LogP contribution is 2.10. The van der Waals surface area contributed by atoms with Crippen molar-refractivity contribution in [3.63, 3.8) is 0 Å². The van der Waals surface area contributed by atoms with Crippen LogP contribution in [0.2, 0.25) is 0 Å². The zero-order valence-corrected chi connectivity index (χ0v) is 7.30. The normalized spacial score (nSPS) is 10.3. The van der Waals surface area contributed by atoms with E-state index < -0.39 is 0 Å². The Morgan fingerprint density at radius 3 is 2.90 bits per heavy atom. The van der Waals surface area contributed by atoms with Gasteiger partial charge in [0.2, 0.25) is 0 Å². The molecule has 0 unspecified atom stereocenters. The van der Waals surface area contributed by atoms with E-state index in [1.807, 2.05) is 7.05 Å². The summed E-state index contributed by atoms with van der Waals surface area (Å²) in [6.07, 6.45) is 1.75. The Labute approximate surface area is 67.8 Å². The van der Waals surface area contributed by atoms with Crippen molar-refractivity contribution in [2.45, 2.75) is 11.9 Å². The van der Waals surface area contributed by atoms with Crippen LogP contribution < -0.4 is 0 Å². The van der Waals surface area contributed by atoms with E-state index in [1.54, 1.807) is 10.9 Å². The Balaban J connectivity index is 3.01. The smallest absolute Gasteiger partial charge is 0.0852 e. The highest BCUT2D eigenvalue weighted by atomic mass is 79.9. The van der Waals surface area contributed by atoms with Crippen LogP contribution in [0.3, 0.4) is 0 Å². The first-order valence-corrected chi connectivity index (χ1v) is 4.08. The molecule has 10 heavy (non-hydrogen) atoms. The molecule has 1 aromatic rings. The number of aromatic nitrogens is 2. The molecule has 0 saturated carbocycles. The van der Waals surface area contributed by atoms with Crippen molar-refractivity contribution in [2.24, 2.45) is 7.05 Å². The van der Waals surface area contributed by atoms with E-state index in [4.69, 9.17) is 5.11 Å². The van der Waals surface area contributed by atoms with Gasteiger partial charge in [0.1, 0.15) is 0 Å². The molecule has 0 saturated heterocycles. The van der Waals surface area contributed by atoms with Crippen molar-refractivity contribution in [3.05, 3.63) is 17.5 Å². The van der Waals surface area contributed by atoms with E-state index in [9.17, 15) is 0 Å². The van der Waals surface area contributed by atoms with Gasteiger partial charge in [-0.3, -0.25) is 4.68 Å². The average Bonchev–Trinajstić information content (AvgIpc) is 2.30. The molecule has 3 nitrogen and oxygen atoms in total. The molecule has 1 rings (SSSR count). The molecule has 4 heteroatoms. The highest BCUT2D eigenvalue weighted by molar-refractivity contribution is 9.08. The van der Waals surface area contributed by atoms with Crippen molar-refractivity contribution in [2.75, 3.05) is 0 Å². The minimum absolute atomic E-state index is 0.0530. The van der Waals surface area contributed by atoms with Crippen molar-refractivity contribution >= 4 is 15.9 Å². The molecule has 0 bridgehead atoms. The molecular formula is C6H9BrN2O. The average molecular weight is 205 g/mol. The number of halogens is 1. The van der Waals surface area contributed by atoms with Crippen LogP contribution >= 0.6 is 15.9 Å². The van der Waals surface area contributed by atoms with Gasteiger partial charge in [-0.2, -0.15) is 5.10 Å². The van der Waals surface area contributed by atoms with Crippen LogP contribution in [0.4, 0.5) is 0 Å². The van der Waals surface area contributed by atoms with Gasteiger partial charge in [-0.15, -0.1) is 0 Å². The summed E-state index contributed by atoms with van der Waals surface area (Å²) < 4.78 is 1.68. The molecule has 1 aromatic heterocycles. The molecule has 0 aliphatic heterocycles. The van der Waals surface area contributed by atoms with E-state index >= 15 is 0 Å². The SMILES string of the molecule is Cn1ncc(CBr)c1CO. The van der Waals surface area contributed by atoms with Gasteiger partial charge in [-0.05, 0) is 0 Å². The number of rotatable bonds is 2. The standard InChI is InChI=1S/C6H9BrN2O/c1-9-6(4-10)5(2-7)3-8-9/h3,10H,2,4H2,1H3. The third kappa shape index (κ3) is 1.22. The van der Waals surface area contributed by atoms with Gasteiger partial charge in [-0.25, -0.2) is 0 Å². The lowest BCUT2D eigenvalue weighted by Crippen LogP contribution is -1.98. The maximum absolute atomic E-state index is 8.84. The number of aliphatic hydroxyl groups excluding tert-OH is 1. The monoisotopic (exact) mass is 204 g/mol. The molecule has 0 aliphatic carbocycles. The van der Waals surface area contributed by atoms with Crippen LogP contribution in [0.15, 0.2) is 6.20 Å². The number of nitrogens with zero attached hydrogens (tertiary/aromatic N) is 2. The van der Waals surface area contributed by atoms with E-state index in [0.29, 0.717) is 0 Å². The van der Waals surface area contributed by atoms with Crippen LogP contribution in [-0.4, -0.2) is 14.9 Å². The lowest BCUT2D eigenvalue weighted by atomic mass is 10.3. The third-order valence-corrected chi connectivity index (χ3v) is 2.05. The molecule has 0 fully saturated rings. The second-order valence-corrected chi connectivity index (χ2v) is 2.59. The minimum Gasteiger partial charge on any atom is -0.390 e. The minimum atomic E-state index is 0.0530. The maximum atomic E-state index is 8.84. The summed E-state index contributed by atoms with van der Waals surface area (Å²) in [6, 6.07) is 0. The fourth-order valence-corrected chi connectivity index (χ4v) is 1.29. The van der Waals surface area contributed by atoms with E-state index in [2.05, 4.69) is 21.0 Å². The Morgan fingerprint density at radius 2 is 2.50 bits per heavy atom. The summed E-state index contributed by atoms with van der Waals surface area (Å²) >= 11 is 3.30. The predicted octanol–water partition coefficient (Wildman–Crippen LogP) is 0.807. The molecular weight excluding hydrogens is 196 g/mol. The maximum Gasteiger partial charge on any atom is 0.0852 e. The van der Waals surface area contributed by atoms with Crippen LogP contribution in [-0.2, 0) is 19.0 Å². The first-order chi connectivity index (χ1) is 4.79. The van der Waals surface area contributed by atoms with Crippen LogP contribution in [0, 0.1) is 0 Å². The van der Waals surface area contributed by atoms with Crippen LogP contribution in [0.25, 0.3) is 0 Å². The fraction of sp³-hybridized carbons (Fsp3) is 0.500. The van der Waals surface area contributed by atoms with Crippen molar-refractivity contribution in [1.82, 2.24) is 9.78 Å². The number of hydrogen-bond acceptors (Lipinski definition) is 2. The van der Waals surface area contributed by atoms with E-state index in [1.165, 1.54) is 0 Å². The number of hydrogen-bond donors (Lipinski definition) is 1. The van der Waals surface area contributed by atoms with Gasteiger partial charge >= 0.3 is 0 Å². The van der Waals surface area contributed by atoms with E-state index in [0.717, 1.165) is 16.6 Å². The summed E-state index contributed by atoms with van der Waals surface area (Å²) in [5.41, 5.74) is 1.92. The molecule has 1 heterocycles. The van der Waals surface area contributed by atoms with Crippen LogP contribution in [0.5, 0.6) is 0 Å². The summed E-state index contributed by atoms with van der Waals surface area (Å²) in [5.74, 6) is 0. The molecule has 56 valence electrons. The van der Waals surface area contributed by atoms with Crippen molar-refractivity contribution in [3.8, 4) is 0 Å². The van der Waals surface area contributed by atoms with Gasteiger partial charge in [0.15, 0.2) is 0 Å². The zero-order valence-electron chi connectivity index (χ0n) is 5.71. The van der Waals surface area contributed by atoms with Gasteiger partial charge < -0.3 is 5.11 Å². The van der Waals surface area contributed by atoms with Gasteiger partial charge in [0, 0.05) is 17.9 Å². The third-order valence-electron chi connectivity index (χ3n) is 1.44. The molecule has 0 atom stereocenters. The Hall–Kier alpha value is -0.350. The summed E-state index contributed by atoms with van der Waals surface area (Å²) in [6.45, 7) is 0.0530.